The fourth-order valence-electron chi connectivity index (χ4n) is 4.06. The molecule has 0 aromatic carbocycles. The Morgan fingerprint density at radius 1 is 1.15 bits per heavy atom. The minimum atomic E-state index is -0.558. The van der Waals surface area contributed by atoms with Crippen LogP contribution >= 0.6 is 0 Å². The van der Waals surface area contributed by atoms with Crippen molar-refractivity contribution in [2.24, 2.45) is 5.73 Å². The maximum absolute atomic E-state index is 11.8. The van der Waals surface area contributed by atoms with Gasteiger partial charge in [-0.05, 0) is 57.8 Å². The molecule has 2 fully saturated rings. The Balaban J connectivity index is 1.70. The molecular weight excluding hydrogens is 346 g/mol. The molecule has 1 aromatic heterocycles. The predicted molar refractivity (Wildman–Crippen MR) is 104 cm³/mol. The molecule has 1 heterocycles. The van der Waals surface area contributed by atoms with Crippen LogP contribution in [0.15, 0.2) is 6.20 Å². The molecule has 1 aromatic rings. The highest BCUT2D eigenvalue weighted by molar-refractivity contribution is 5.97. The van der Waals surface area contributed by atoms with Crippen LogP contribution in [0.4, 0.5) is 11.8 Å². The first-order valence-corrected chi connectivity index (χ1v) is 9.96. The zero-order chi connectivity index (χ0) is 19.2. The summed E-state index contributed by atoms with van der Waals surface area (Å²) in [5.74, 6) is 0.389. The van der Waals surface area contributed by atoms with E-state index in [1.54, 1.807) is 7.11 Å². The van der Waals surface area contributed by atoms with Gasteiger partial charge in [0, 0.05) is 25.4 Å². The van der Waals surface area contributed by atoms with Crippen LogP contribution in [0.3, 0.4) is 0 Å². The van der Waals surface area contributed by atoms with E-state index in [1.165, 1.54) is 6.20 Å². The van der Waals surface area contributed by atoms with E-state index in [1.807, 2.05) is 0 Å². The monoisotopic (exact) mass is 377 g/mol. The summed E-state index contributed by atoms with van der Waals surface area (Å²) >= 11 is 0. The van der Waals surface area contributed by atoms with E-state index in [4.69, 9.17) is 10.5 Å². The van der Waals surface area contributed by atoms with Crippen molar-refractivity contribution in [3.05, 3.63) is 11.8 Å². The van der Waals surface area contributed by atoms with Gasteiger partial charge in [-0.3, -0.25) is 4.79 Å². The number of aliphatic hydroxyl groups is 1. The molecule has 0 aliphatic heterocycles. The van der Waals surface area contributed by atoms with Gasteiger partial charge in [0.25, 0.3) is 5.91 Å². The Morgan fingerprint density at radius 3 is 2.67 bits per heavy atom. The SMILES string of the molecule is CO[C@H]1CCC[C@@H](Nc2ncc(C(N)=O)c(N[C@@H]3CCC[C@H](O)C3)n2)CC1. The van der Waals surface area contributed by atoms with E-state index in [9.17, 15) is 9.90 Å². The van der Waals surface area contributed by atoms with Crippen LogP contribution in [0.25, 0.3) is 0 Å². The van der Waals surface area contributed by atoms with Gasteiger partial charge in [0.15, 0.2) is 0 Å². The number of ether oxygens (including phenoxy) is 1. The molecule has 3 rings (SSSR count). The first kappa shape index (κ1) is 19.8. The molecule has 4 atom stereocenters. The molecule has 5 N–H and O–H groups in total. The summed E-state index contributed by atoms with van der Waals surface area (Å²) in [5, 5.41) is 16.6. The highest BCUT2D eigenvalue weighted by Gasteiger charge is 2.23. The van der Waals surface area contributed by atoms with Crippen LogP contribution in [-0.4, -0.2) is 52.4 Å². The highest BCUT2D eigenvalue weighted by atomic mass is 16.5. The number of carbonyl (C=O) groups is 1. The number of nitrogens with one attached hydrogen (secondary N) is 2. The number of aromatic nitrogens is 2. The molecule has 2 saturated carbocycles. The van der Waals surface area contributed by atoms with Gasteiger partial charge in [0.1, 0.15) is 5.82 Å². The van der Waals surface area contributed by atoms with E-state index < -0.39 is 5.91 Å². The molecule has 27 heavy (non-hydrogen) atoms. The minimum absolute atomic E-state index is 0.0786. The number of rotatable bonds is 6. The normalized spacial score (nSPS) is 29.0. The number of carbonyl (C=O) groups excluding carboxylic acids is 1. The van der Waals surface area contributed by atoms with Crippen molar-refractivity contribution < 1.29 is 14.6 Å². The van der Waals surface area contributed by atoms with Gasteiger partial charge >= 0.3 is 0 Å². The summed E-state index contributed by atoms with van der Waals surface area (Å²) < 4.78 is 5.48. The number of aliphatic hydroxyl groups excluding tert-OH is 1. The Bertz CT molecular complexity index is 642. The lowest BCUT2D eigenvalue weighted by molar-refractivity contribution is 0.0898. The van der Waals surface area contributed by atoms with Crippen molar-refractivity contribution in [2.75, 3.05) is 17.7 Å². The lowest BCUT2D eigenvalue weighted by Crippen LogP contribution is -2.31. The summed E-state index contributed by atoms with van der Waals surface area (Å²) in [6, 6.07) is 0.365. The zero-order valence-corrected chi connectivity index (χ0v) is 16.0. The van der Waals surface area contributed by atoms with Crippen molar-refractivity contribution in [2.45, 2.75) is 82.1 Å². The fraction of sp³-hybridized carbons (Fsp3) is 0.737. The maximum Gasteiger partial charge on any atom is 0.254 e. The number of hydrogen-bond acceptors (Lipinski definition) is 7. The second-order valence-corrected chi connectivity index (χ2v) is 7.69. The molecule has 0 radical (unpaired) electrons. The summed E-state index contributed by atoms with van der Waals surface area (Å²) in [6.07, 6.45) is 10.1. The zero-order valence-electron chi connectivity index (χ0n) is 16.0. The number of primary amides is 1. The van der Waals surface area contributed by atoms with E-state index in [0.29, 0.717) is 24.3 Å². The molecule has 8 nitrogen and oxygen atoms in total. The largest absolute Gasteiger partial charge is 0.393 e. The lowest BCUT2D eigenvalue weighted by Gasteiger charge is -2.27. The summed E-state index contributed by atoms with van der Waals surface area (Å²) in [4.78, 5) is 20.6. The molecule has 8 heteroatoms. The Kier molecular flexibility index (Phi) is 6.84. The topological polar surface area (TPSA) is 122 Å². The summed E-state index contributed by atoms with van der Waals surface area (Å²) in [5.41, 5.74) is 5.77. The molecular formula is C19H31N5O3. The number of hydrogen-bond donors (Lipinski definition) is 4. The summed E-state index contributed by atoms with van der Waals surface area (Å²) in [7, 11) is 1.77. The smallest absolute Gasteiger partial charge is 0.254 e. The molecule has 2 aliphatic rings. The third-order valence-electron chi connectivity index (χ3n) is 5.62. The van der Waals surface area contributed by atoms with Gasteiger partial charge in [-0.1, -0.05) is 0 Å². The van der Waals surface area contributed by atoms with Crippen LogP contribution in [0.5, 0.6) is 0 Å². The van der Waals surface area contributed by atoms with Crippen molar-refractivity contribution in [1.82, 2.24) is 9.97 Å². The Hall–Kier alpha value is -1.93. The van der Waals surface area contributed by atoms with Gasteiger partial charge in [-0.2, -0.15) is 4.98 Å². The second-order valence-electron chi connectivity index (χ2n) is 7.69. The van der Waals surface area contributed by atoms with Crippen LogP contribution < -0.4 is 16.4 Å². The second kappa shape index (κ2) is 9.32. The van der Waals surface area contributed by atoms with Gasteiger partial charge in [0.2, 0.25) is 5.95 Å². The Labute approximate surface area is 160 Å². The van der Waals surface area contributed by atoms with Gasteiger partial charge < -0.3 is 26.2 Å². The first-order chi connectivity index (χ1) is 13.0. The van der Waals surface area contributed by atoms with E-state index in [-0.39, 0.29) is 23.8 Å². The highest BCUT2D eigenvalue weighted by Crippen LogP contribution is 2.25. The number of methoxy groups -OCH3 is 1. The summed E-state index contributed by atoms with van der Waals surface area (Å²) in [6.45, 7) is 0. The number of anilines is 2. The third-order valence-corrected chi connectivity index (χ3v) is 5.62. The van der Waals surface area contributed by atoms with Crippen molar-refractivity contribution in [3.63, 3.8) is 0 Å². The van der Waals surface area contributed by atoms with Crippen molar-refractivity contribution in [3.8, 4) is 0 Å². The average molecular weight is 377 g/mol. The quantitative estimate of drug-likeness (QED) is 0.560. The molecule has 0 bridgehead atoms. The molecule has 1 amide bonds. The van der Waals surface area contributed by atoms with Crippen LogP contribution in [0, 0.1) is 0 Å². The van der Waals surface area contributed by atoms with E-state index in [2.05, 4.69) is 20.6 Å². The number of nitrogens with two attached hydrogens (primary N) is 1. The lowest BCUT2D eigenvalue weighted by atomic mass is 9.93. The molecule has 150 valence electrons. The predicted octanol–water partition coefficient (Wildman–Crippen LogP) is 2.05. The van der Waals surface area contributed by atoms with Crippen molar-refractivity contribution in [1.29, 1.82) is 0 Å². The average Bonchev–Trinajstić information content (AvgIpc) is 2.87. The molecule has 0 saturated heterocycles. The standard InChI is InChI=1S/C19H31N5O3/c1-27-15-7-3-4-12(8-9-15)23-19-21-11-16(17(20)26)18(24-19)22-13-5-2-6-14(25)10-13/h11-15,25H,2-10H2,1H3,(H2,20,26)(H2,21,22,23,24)/t12-,13-,14+,15+/m1/s1. The van der Waals surface area contributed by atoms with Gasteiger partial charge in [-0.15, -0.1) is 0 Å². The fourth-order valence-corrected chi connectivity index (χ4v) is 4.06. The van der Waals surface area contributed by atoms with Gasteiger partial charge in [0.05, 0.1) is 17.8 Å². The number of amides is 1. The van der Waals surface area contributed by atoms with Crippen LogP contribution in [0.2, 0.25) is 0 Å². The third kappa shape index (κ3) is 5.52. The molecule has 0 unspecified atom stereocenters. The van der Waals surface area contributed by atoms with Crippen LogP contribution in [-0.2, 0) is 4.74 Å². The van der Waals surface area contributed by atoms with Crippen molar-refractivity contribution >= 4 is 17.7 Å². The van der Waals surface area contributed by atoms with Crippen LogP contribution in [0.1, 0.15) is 68.1 Å². The van der Waals surface area contributed by atoms with Gasteiger partial charge in [-0.25, -0.2) is 4.98 Å². The minimum Gasteiger partial charge on any atom is -0.393 e. The Morgan fingerprint density at radius 2 is 1.93 bits per heavy atom. The maximum atomic E-state index is 11.8. The first-order valence-electron chi connectivity index (χ1n) is 9.96. The van der Waals surface area contributed by atoms with E-state index >= 15 is 0 Å². The molecule has 0 spiro atoms. The number of nitrogens with zero attached hydrogens (tertiary/aromatic N) is 2. The molecule has 2 aliphatic carbocycles. The van der Waals surface area contributed by atoms with E-state index in [0.717, 1.165) is 51.4 Å².